The Bertz CT molecular complexity index is 665. The summed E-state index contributed by atoms with van der Waals surface area (Å²) in [6.45, 7) is 1.88. The molecule has 2 rings (SSSR count). The normalized spacial score (nSPS) is 11.0. The summed E-state index contributed by atoms with van der Waals surface area (Å²) < 4.78 is 26.3. The van der Waals surface area contributed by atoms with E-state index in [1.54, 1.807) is 12.1 Å². The first kappa shape index (κ1) is 13.8. The van der Waals surface area contributed by atoms with Crippen LogP contribution in [0.1, 0.15) is 5.56 Å². The van der Waals surface area contributed by atoms with Crippen molar-refractivity contribution in [1.29, 1.82) is 0 Å². The second-order valence-corrected chi connectivity index (χ2v) is 6.54. The van der Waals surface area contributed by atoms with E-state index in [0.717, 1.165) is 5.56 Å². The molecule has 19 heavy (non-hydrogen) atoms. The monoisotopic (exact) mass is 314 g/mol. The SMILES string of the molecule is Cc1ccc(S(=O)(=O)NC(=S)Nc2nncs2)cc1. The second-order valence-electron chi connectivity index (χ2n) is 3.62. The lowest BCUT2D eigenvalue weighted by Gasteiger charge is -2.09. The minimum atomic E-state index is -3.68. The van der Waals surface area contributed by atoms with Crippen LogP contribution in [0.2, 0.25) is 0 Å². The third-order valence-corrected chi connectivity index (χ3v) is 4.44. The average molecular weight is 314 g/mol. The summed E-state index contributed by atoms with van der Waals surface area (Å²) in [5.74, 6) is 0. The first-order valence-electron chi connectivity index (χ1n) is 5.14. The number of aryl methyl sites for hydroxylation is 1. The Morgan fingerprint density at radius 2 is 2.00 bits per heavy atom. The van der Waals surface area contributed by atoms with Crippen molar-refractivity contribution in [2.45, 2.75) is 11.8 Å². The van der Waals surface area contributed by atoms with Gasteiger partial charge < -0.3 is 5.32 Å². The minimum absolute atomic E-state index is 0.0441. The van der Waals surface area contributed by atoms with E-state index < -0.39 is 10.0 Å². The number of benzene rings is 1. The van der Waals surface area contributed by atoms with Gasteiger partial charge >= 0.3 is 0 Å². The van der Waals surface area contributed by atoms with Crippen LogP contribution in [0.25, 0.3) is 0 Å². The third-order valence-electron chi connectivity index (χ3n) is 2.14. The van der Waals surface area contributed by atoms with Crippen molar-refractivity contribution >= 4 is 43.8 Å². The zero-order chi connectivity index (χ0) is 13.9. The molecule has 0 saturated carbocycles. The third kappa shape index (κ3) is 3.69. The van der Waals surface area contributed by atoms with Crippen molar-refractivity contribution in [2.24, 2.45) is 0 Å². The number of hydrogen-bond donors (Lipinski definition) is 2. The fraction of sp³-hybridized carbons (Fsp3) is 0.100. The molecule has 0 bridgehead atoms. The highest BCUT2D eigenvalue weighted by Gasteiger charge is 2.15. The molecule has 0 amide bonds. The molecule has 1 heterocycles. The minimum Gasteiger partial charge on any atom is -0.306 e. The van der Waals surface area contributed by atoms with Crippen molar-refractivity contribution in [1.82, 2.24) is 14.9 Å². The molecule has 0 spiro atoms. The highest BCUT2D eigenvalue weighted by Crippen LogP contribution is 2.11. The quantitative estimate of drug-likeness (QED) is 0.836. The summed E-state index contributed by atoms with van der Waals surface area (Å²) >= 11 is 6.13. The molecule has 0 saturated heterocycles. The molecule has 0 aliphatic rings. The van der Waals surface area contributed by atoms with E-state index in [1.807, 2.05) is 6.92 Å². The maximum atomic E-state index is 12.0. The topological polar surface area (TPSA) is 84.0 Å². The predicted octanol–water partition coefficient (Wildman–Crippen LogP) is 1.52. The maximum Gasteiger partial charge on any atom is 0.263 e. The lowest BCUT2D eigenvalue weighted by molar-refractivity contribution is 0.593. The Kier molecular flexibility index (Phi) is 4.08. The van der Waals surface area contributed by atoms with Gasteiger partial charge in [0.05, 0.1) is 4.90 Å². The molecule has 9 heteroatoms. The number of sulfonamides is 1. The molecule has 0 aliphatic heterocycles. The van der Waals surface area contributed by atoms with Crippen LogP contribution in [0.5, 0.6) is 0 Å². The molecule has 0 unspecified atom stereocenters. The zero-order valence-electron chi connectivity index (χ0n) is 9.82. The number of hydrogen-bond acceptors (Lipinski definition) is 6. The summed E-state index contributed by atoms with van der Waals surface area (Å²) in [6, 6.07) is 6.47. The van der Waals surface area contributed by atoms with Gasteiger partial charge in [0, 0.05) is 0 Å². The van der Waals surface area contributed by atoms with Crippen LogP contribution in [0.4, 0.5) is 5.13 Å². The first-order valence-corrected chi connectivity index (χ1v) is 7.91. The lowest BCUT2D eigenvalue weighted by Crippen LogP contribution is -2.34. The molecule has 0 aliphatic carbocycles. The summed E-state index contributed by atoms with van der Waals surface area (Å²) in [5.41, 5.74) is 2.49. The first-order chi connectivity index (χ1) is 8.97. The van der Waals surface area contributed by atoms with Crippen LogP contribution >= 0.6 is 23.6 Å². The largest absolute Gasteiger partial charge is 0.306 e. The smallest absolute Gasteiger partial charge is 0.263 e. The van der Waals surface area contributed by atoms with Gasteiger partial charge in [-0.25, -0.2) is 8.42 Å². The standard InChI is InChI=1S/C10H10N4O2S3/c1-7-2-4-8(5-3-7)19(15,16)14-9(17)12-10-13-11-6-18-10/h2-6H,1H3,(H2,12,13,14,17). The molecule has 6 nitrogen and oxygen atoms in total. The van der Waals surface area contributed by atoms with E-state index in [4.69, 9.17) is 12.2 Å². The molecular weight excluding hydrogens is 304 g/mol. The Morgan fingerprint density at radius 1 is 1.32 bits per heavy atom. The van der Waals surface area contributed by atoms with Crippen molar-refractivity contribution in [2.75, 3.05) is 5.32 Å². The number of thiocarbonyl (C=S) groups is 1. The number of nitrogens with one attached hydrogen (secondary N) is 2. The summed E-state index contributed by atoms with van der Waals surface area (Å²) in [6.07, 6.45) is 0. The average Bonchev–Trinajstić information content (AvgIpc) is 2.81. The molecule has 1 aromatic carbocycles. The van der Waals surface area contributed by atoms with Crippen LogP contribution in [-0.4, -0.2) is 23.7 Å². The number of aromatic nitrogens is 2. The molecule has 0 fully saturated rings. The summed E-state index contributed by atoms with van der Waals surface area (Å²) in [7, 11) is -3.68. The van der Waals surface area contributed by atoms with Crippen molar-refractivity contribution in [3.63, 3.8) is 0 Å². The number of nitrogens with zero attached hydrogens (tertiary/aromatic N) is 2. The summed E-state index contributed by atoms with van der Waals surface area (Å²) in [4.78, 5) is 0.152. The van der Waals surface area contributed by atoms with Gasteiger partial charge in [-0.3, -0.25) is 4.72 Å². The Hall–Kier alpha value is -1.58. The number of anilines is 1. The van der Waals surface area contributed by atoms with Crippen molar-refractivity contribution in [3.05, 3.63) is 35.3 Å². The molecular formula is C10H10N4O2S3. The van der Waals surface area contributed by atoms with E-state index in [9.17, 15) is 8.42 Å². The van der Waals surface area contributed by atoms with Gasteiger partial charge in [0.15, 0.2) is 5.11 Å². The van der Waals surface area contributed by atoms with E-state index in [-0.39, 0.29) is 10.0 Å². The molecule has 1 aromatic heterocycles. The highest BCUT2D eigenvalue weighted by atomic mass is 32.2. The molecule has 0 atom stereocenters. The van der Waals surface area contributed by atoms with Gasteiger partial charge in [0.2, 0.25) is 5.13 Å². The van der Waals surface area contributed by atoms with Crippen LogP contribution < -0.4 is 10.0 Å². The highest BCUT2D eigenvalue weighted by molar-refractivity contribution is 7.92. The molecule has 2 N–H and O–H groups in total. The second kappa shape index (κ2) is 5.59. The van der Waals surface area contributed by atoms with Crippen LogP contribution in [0, 0.1) is 6.92 Å². The Morgan fingerprint density at radius 3 is 2.58 bits per heavy atom. The van der Waals surface area contributed by atoms with Crippen LogP contribution in [-0.2, 0) is 10.0 Å². The van der Waals surface area contributed by atoms with Crippen molar-refractivity contribution < 1.29 is 8.42 Å². The maximum absolute atomic E-state index is 12.0. The Labute approximate surface area is 119 Å². The van der Waals surface area contributed by atoms with Gasteiger partial charge in [-0.15, -0.1) is 10.2 Å². The predicted molar refractivity (Wildman–Crippen MR) is 77.6 cm³/mol. The molecule has 100 valence electrons. The fourth-order valence-electron chi connectivity index (χ4n) is 1.25. The van der Waals surface area contributed by atoms with Gasteiger partial charge in [-0.2, -0.15) is 0 Å². The van der Waals surface area contributed by atoms with E-state index in [2.05, 4.69) is 20.2 Å². The molecule has 0 radical (unpaired) electrons. The van der Waals surface area contributed by atoms with E-state index in [0.29, 0.717) is 5.13 Å². The fourth-order valence-corrected chi connectivity index (χ4v) is 3.10. The van der Waals surface area contributed by atoms with Gasteiger partial charge in [0.25, 0.3) is 10.0 Å². The van der Waals surface area contributed by atoms with Gasteiger partial charge in [-0.1, -0.05) is 29.0 Å². The lowest BCUT2D eigenvalue weighted by atomic mass is 10.2. The zero-order valence-corrected chi connectivity index (χ0v) is 12.3. The van der Waals surface area contributed by atoms with E-state index >= 15 is 0 Å². The van der Waals surface area contributed by atoms with Crippen LogP contribution in [0.3, 0.4) is 0 Å². The molecule has 2 aromatic rings. The van der Waals surface area contributed by atoms with Gasteiger partial charge in [0.1, 0.15) is 5.51 Å². The van der Waals surface area contributed by atoms with Crippen molar-refractivity contribution in [3.8, 4) is 0 Å². The summed E-state index contributed by atoms with van der Waals surface area (Å²) in [5, 5.41) is 10.3. The van der Waals surface area contributed by atoms with Gasteiger partial charge in [-0.05, 0) is 31.3 Å². The Balaban J connectivity index is 2.09. The number of rotatable bonds is 3. The van der Waals surface area contributed by atoms with E-state index in [1.165, 1.54) is 29.0 Å². The van der Waals surface area contributed by atoms with Crippen LogP contribution in [0.15, 0.2) is 34.7 Å².